The van der Waals surface area contributed by atoms with Gasteiger partial charge in [0.1, 0.15) is 4.99 Å². The number of benzene rings is 2. The fraction of sp³-hybridized carbons (Fsp3) is 0. The summed E-state index contributed by atoms with van der Waals surface area (Å²) in [4.78, 5) is 4.84. The fourth-order valence-electron chi connectivity index (χ4n) is 1.88. The van der Waals surface area contributed by atoms with Crippen LogP contribution in [0.1, 0.15) is 5.56 Å². The van der Waals surface area contributed by atoms with Crippen LogP contribution in [0.2, 0.25) is 5.02 Å². The van der Waals surface area contributed by atoms with Crippen molar-refractivity contribution in [2.75, 3.05) is 5.32 Å². The number of rotatable bonds is 3. The molecular weight excluding hydrogens is 310 g/mol. The molecule has 1 heterocycles. The second-order valence-electron chi connectivity index (χ2n) is 4.17. The zero-order chi connectivity index (χ0) is 14.1. The lowest BCUT2D eigenvalue weighted by atomic mass is 10.2. The number of thiocarbonyl (C=S) groups is 1. The van der Waals surface area contributed by atoms with E-state index in [1.165, 1.54) is 0 Å². The minimum atomic E-state index is 0.324. The van der Waals surface area contributed by atoms with Gasteiger partial charge in [-0.2, -0.15) is 0 Å². The van der Waals surface area contributed by atoms with E-state index in [0.717, 1.165) is 26.6 Å². The molecule has 0 unspecified atom stereocenters. The van der Waals surface area contributed by atoms with Crippen molar-refractivity contribution in [2.24, 2.45) is 5.73 Å². The Balaban J connectivity index is 2.01. The summed E-state index contributed by atoms with van der Waals surface area (Å²) < 4.78 is 1.12. The number of hydrogen-bond acceptors (Lipinski definition) is 4. The van der Waals surface area contributed by atoms with Crippen LogP contribution >= 0.6 is 35.2 Å². The van der Waals surface area contributed by atoms with Gasteiger partial charge in [0.05, 0.1) is 15.9 Å². The molecule has 0 amide bonds. The first-order valence-corrected chi connectivity index (χ1v) is 7.46. The first kappa shape index (κ1) is 13.3. The van der Waals surface area contributed by atoms with Crippen LogP contribution in [0.5, 0.6) is 0 Å². The van der Waals surface area contributed by atoms with E-state index in [9.17, 15) is 0 Å². The molecule has 3 nitrogen and oxygen atoms in total. The molecule has 20 heavy (non-hydrogen) atoms. The summed E-state index contributed by atoms with van der Waals surface area (Å²) in [6, 6.07) is 13.3. The molecule has 6 heteroatoms. The van der Waals surface area contributed by atoms with Gasteiger partial charge in [-0.1, -0.05) is 47.3 Å². The monoisotopic (exact) mass is 319 g/mol. The van der Waals surface area contributed by atoms with E-state index in [1.54, 1.807) is 29.5 Å². The lowest BCUT2D eigenvalue weighted by molar-refractivity contribution is 1.44. The Kier molecular flexibility index (Phi) is 3.56. The van der Waals surface area contributed by atoms with Gasteiger partial charge >= 0.3 is 0 Å². The van der Waals surface area contributed by atoms with Gasteiger partial charge in [-0.15, -0.1) is 0 Å². The second-order valence-corrected chi connectivity index (χ2v) is 6.07. The largest absolute Gasteiger partial charge is 0.389 e. The maximum absolute atomic E-state index is 6.03. The van der Waals surface area contributed by atoms with Gasteiger partial charge in [0.2, 0.25) is 0 Å². The van der Waals surface area contributed by atoms with Gasteiger partial charge in [0.15, 0.2) is 5.13 Å². The van der Waals surface area contributed by atoms with Crippen LogP contribution in [-0.4, -0.2) is 9.97 Å². The molecule has 3 rings (SSSR count). The normalized spacial score (nSPS) is 10.7. The van der Waals surface area contributed by atoms with E-state index in [0.29, 0.717) is 10.0 Å². The Labute approximate surface area is 130 Å². The molecule has 3 N–H and O–H groups in total. The van der Waals surface area contributed by atoms with Gasteiger partial charge in [-0.25, -0.2) is 4.98 Å². The average Bonchev–Trinajstić information content (AvgIpc) is 2.80. The summed E-state index contributed by atoms with van der Waals surface area (Å²) in [5.41, 5.74) is 8.20. The number of hydrogen-bond donors (Lipinski definition) is 2. The predicted octanol–water partition coefficient (Wildman–Crippen LogP) is 4.33. The number of halogens is 1. The molecule has 0 bridgehead atoms. The highest BCUT2D eigenvalue weighted by Gasteiger charge is 2.09. The minimum Gasteiger partial charge on any atom is -0.389 e. The molecule has 0 aliphatic heterocycles. The zero-order valence-electron chi connectivity index (χ0n) is 10.3. The third-order valence-electron chi connectivity index (χ3n) is 2.78. The molecule has 100 valence electrons. The van der Waals surface area contributed by atoms with E-state index in [2.05, 4.69) is 10.3 Å². The minimum absolute atomic E-state index is 0.324. The standard InChI is InChI=1S/C14H10ClN3S2/c15-8-5-6-9(13(16)19)11(7-8)18-14-17-10-3-1-2-4-12(10)20-14/h1-7H,(H2,16,19)(H,17,18). The fourth-order valence-corrected chi connectivity index (χ4v) is 3.10. The highest BCUT2D eigenvalue weighted by Crippen LogP contribution is 2.30. The highest BCUT2D eigenvalue weighted by atomic mass is 35.5. The number of fused-ring (bicyclic) bond motifs is 1. The molecule has 1 aromatic heterocycles. The van der Waals surface area contributed by atoms with E-state index in [1.807, 2.05) is 24.3 Å². The number of thiazole rings is 1. The lowest BCUT2D eigenvalue weighted by Crippen LogP contribution is -2.11. The first-order chi connectivity index (χ1) is 9.63. The molecule has 0 saturated carbocycles. The van der Waals surface area contributed by atoms with Gasteiger partial charge in [0, 0.05) is 10.6 Å². The summed E-state index contributed by atoms with van der Waals surface area (Å²) in [5.74, 6) is 0. The van der Waals surface area contributed by atoms with Crippen LogP contribution in [0, 0.1) is 0 Å². The van der Waals surface area contributed by atoms with Crippen molar-refractivity contribution in [1.82, 2.24) is 4.98 Å². The molecule has 0 aliphatic rings. The summed E-state index contributed by atoms with van der Waals surface area (Å²) in [6.45, 7) is 0. The highest BCUT2D eigenvalue weighted by molar-refractivity contribution is 7.80. The van der Waals surface area contributed by atoms with Crippen molar-refractivity contribution in [3.05, 3.63) is 53.1 Å². The maximum atomic E-state index is 6.03. The van der Waals surface area contributed by atoms with Crippen molar-refractivity contribution < 1.29 is 0 Å². The lowest BCUT2D eigenvalue weighted by Gasteiger charge is -2.09. The van der Waals surface area contributed by atoms with Gasteiger partial charge < -0.3 is 11.1 Å². The van der Waals surface area contributed by atoms with Crippen LogP contribution in [0.25, 0.3) is 10.2 Å². The van der Waals surface area contributed by atoms with Crippen LogP contribution in [0.4, 0.5) is 10.8 Å². The second kappa shape index (κ2) is 5.36. The molecule has 2 aromatic carbocycles. The SMILES string of the molecule is NC(=S)c1ccc(Cl)cc1Nc1nc2ccccc2s1. The molecule has 3 aromatic rings. The molecular formula is C14H10ClN3S2. The smallest absolute Gasteiger partial charge is 0.188 e. The third-order valence-corrected chi connectivity index (χ3v) is 4.19. The molecule has 0 radical (unpaired) electrons. The van der Waals surface area contributed by atoms with Gasteiger partial charge in [0.25, 0.3) is 0 Å². The van der Waals surface area contributed by atoms with Crippen molar-refractivity contribution in [3.63, 3.8) is 0 Å². The topological polar surface area (TPSA) is 50.9 Å². The quantitative estimate of drug-likeness (QED) is 0.706. The van der Waals surface area contributed by atoms with E-state index >= 15 is 0 Å². The number of para-hydroxylation sites is 1. The van der Waals surface area contributed by atoms with Crippen LogP contribution in [-0.2, 0) is 0 Å². The Hall–Kier alpha value is -1.69. The van der Waals surface area contributed by atoms with Crippen molar-refractivity contribution in [3.8, 4) is 0 Å². The maximum Gasteiger partial charge on any atom is 0.188 e. The van der Waals surface area contributed by atoms with E-state index in [4.69, 9.17) is 29.6 Å². The molecule has 0 atom stereocenters. The van der Waals surface area contributed by atoms with Crippen LogP contribution in [0.15, 0.2) is 42.5 Å². The van der Waals surface area contributed by atoms with E-state index < -0.39 is 0 Å². The Morgan fingerprint density at radius 3 is 2.80 bits per heavy atom. The van der Waals surface area contributed by atoms with Crippen molar-refractivity contribution >= 4 is 61.2 Å². The third kappa shape index (κ3) is 2.60. The zero-order valence-corrected chi connectivity index (χ0v) is 12.6. The molecule has 0 fully saturated rings. The predicted molar refractivity (Wildman–Crippen MR) is 90.2 cm³/mol. The summed E-state index contributed by atoms with van der Waals surface area (Å²) >= 11 is 12.6. The summed E-state index contributed by atoms with van der Waals surface area (Å²) in [7, 11) is 0. The van der Waals surface area contributed by atoms with E-state index in [-0.39, 0.29) is 0 Å². The van der Waals surface area contributed by atoms with Gasteiger partial charge in [-0.05, 0) is 30.3 Å². The molecule has 0 aliphatic carbocycles. The Morgan fingerprint density at radius 1 is 1.25 bits per heavy atom. The summed E-state index contributed by atoms with van der Waals surface area (Å²) in [5, 5.41) is 4.64. The first-order valence-electron chi connectivity index (χ1n) is 5.85. The van der Waals surface area contributed by atoms with Crippen molar-refractivity contribution in [2.45, 2.75) is 0 Å². The van der Waals surface area contributed by atoms with Crippen LogP contribution < -0.4 is 11.1 Å². The number of nitrogens with one attached hydrogen (secondary N) is 1. The molecule has 0 spiro atoms. The summed E-state index contributed by atoms with van der Waals surface area (Å²) in [6.07, 6.45) is 0. The number of nitrogens with zero attached hydrogens (tertiary/aromatic N) is 1. The number of aromatic nitrogens is 1. The average molecular weight is 320 g/mol. The van der Waals surface area contributed by atoms with Gasteiger partial charge in [-0.3, -0.25) is 0 Å². The molecule has 0 saturated heterocycles. The van der Waals surface area contributed by atoms with Crippen molar-refractivity contribution in [1.29, 1.82) is 0 Å². The number of anilines is 2. The Morgan fingerprint density at radius 2 is 2.05 bits per heavy atom. The van der Waals surface area contributed by atoms with Crippen LogP contribution in [0.3, 0.4) is 0 Å². The Bertz CT molecular complexity index is 765. The number of nitrogens with two attached hydrogens (primary N) is 1.